The van der Waals surface area contributed by atoms with Gasteiger partial charge in [0, 0.05) is 21.7 Å². The number of halogens is 2. The highest BCUT2D eigenvalue weighted by Gasteiger charge is 2.12. The summed E-state index contributed by atoms with van der Waals surface area (Å²) in [7, 11) is 1.55. The average Bonchev–Trinajstić information content (AvgIpc) is 2.45. The van der Waals surface area contributed by atoms with Gasteiger partial charge in [0.05, 0.1) is 13.2 Å². The zero-order chi connectivity index (χ0) is 15.4. The van der Waals surface area contributed by atoms with Crippen molar-refractivity contribution in [1.82, 2.24) is 0 Å². The van der Waals surface area contributed by atoms with Crippen LogP contribution in [0.5, 0.6) is 11.5 Å². The van der Waals surface area contributed by atoms with Crippen molar-refractivity contribution in [3.63, 3.8) is 0 Å². The lowest BCUT2D eigenvalue weighted by Crippen LogP contribution is -2.03. The first-order chi connectivity index (χ1) is 10.0. The monoisotopic (exact) mass is 354 g/mol. The minimum Gasteiger partial charge on any atom is -0.497 e. The summed E-state index contributed by atoms with van der Waals surface area (Å²) in [6.45, 7) is 1.72. The molecule has 1 unspecified atom stereocenters. The predicted molar refractivity (Wildman–Crippen MR) is 82.1 cm³/mol. The Kier molecular flexibility index (Phi) is 5.20. The van der Waals surface area contributed by atoms with Crippen LogP contribution in [0, 0.1) is 5.82 Å². The molecule has 0 aliphatic heterocycles. The molecule has 0 radical (unpaired) electrons. The Labute approximate surface area is 131 Å². The molecule has 0 spiro atoms. The number of hydrogen-bond acceptors (Lipinski definition) is 3. The van der Waals surface area contributed by atoms with E-state index in [1.165, 1.54) is 6.07 Å². The summed E-state index contributed by atoms with van der Waals surface area (Å²) in [5.41, 5.74) is 1.07. The lowest BCUT2D eigenvalue weighted by atomic mass is 10.1. The maximum Gasteiger partial charge on any atom is 0.130 e. The number of benzene rings is 2. The maximum absolute atomic E-state index is 13.8. The second-order valence-electron chi connectivity index (χ2n) is 4.60. The maximum atomic E-state index is 13.8. The van der Waals surface area contributed by atoms with Gasteiger partial charge in [-0.1, -0.05) is 22.0 Å². The molecule has 2 aromatic rings. The van der Waals surface area contributed by atoms with Gasteiger partial charge in [0.15, 0.2) is 0 Å². The van der Waals surface area contributed by atoms with E-state index in [4.69, 9.17) is 9.47 Å². The van der Waals surface area contributed by atoms with Crippen molar-refractivity contribution >= 4 is 15.9 Å². The van der Waals surface area contributed by atoms with Crippen LogP contribution in [-0.4, -0.2) is 12.2 Å². The van der Waals surface area contributed by atoms with Gasteiger partial charge in [0.2, 0.25) is 0 Å². The summed E-state index contributed by atoms with van der Waals surface area (Å²) in [6.07, 6.45) is -0.680. The molecule has 0 bridgehead atoms. The van der Waals surface area contributed by atoms with E-state index in [0.717, 1.165) is 0 Å². The number of aliphatic hydroxyl groups is 1. The zero-order valence-corrected chi connectivity index (χ0v) is 13.4. The quantitative estimate of drug-likeness (QED) is 0.873. The fourth-order valence-electron chi connectivity index (χ4n) is 1.91. The van der Waals surface area contributed by atoms with E-state index in [1.54, 1.807) is 44.4 Å². The third kappa shape index (κ3) is 3.95. The van der Waals surface area contributed by atoms with Crippen molar-refractivity contribution < 1.29 is 19.0 Å². The molecule has 0 aliphatic carbocycles. The highest BCUT2D eigenvalue weighted by molar-refractivity contribution is 9.10. The summed E-state index contributed by atoms with van der Waals surface area (Å²) in [6, 6.07) is 9.95. The van der Waals surface area contributed by atoms with Crippen molar-refractivity contribution in [2.45, 2.75) is 19.6 Å². The van der Waals surface area contributed by atoms with E-state index in [9.17, 15) is 9.50 Å². The van der Waals surface area contributed by atoms with Crippen LogP contribution in [-0.2, 0) is 6.61 Å². The average molecular weight is 355 g/mol. The fraction of sp³-hybridized carbons (Fsp3) is 0.250. The lowest BCUT2D eigenvalue weighted by Gasteiger charge is -2.15. The van der Waals surface area contributed by atoms with E-state index in [0.29, 0.717) is 27.1 Å². The SMILES string of the molecule is COc1ccc(C(C)O)c(OCc2ccc(Br)cc2F)c1. The Balaban J connectivity index is 2.22. The summed E-state index contributed by atoms with van der Waals surface area (Å²) in [4.78, 5) is 0. The van der Waals surface area contributed by atoms with Crippen LogP contribution >= 0.6 is 15.9 Å². The van der Waals surface area contributed by atoms with E-state index < -0.39 is 6.10 Å². The highest BCUT2D eigenvalue weighted by Crippen LogP contribution is 2.30. The van der Waals surface area contributed by atoms with E-state index in [1.807, 2.05) is 0 Å². The van der Waals surface area contributed by atoms with E-state index >= 15 is 0 Å². The molecule has 2 rings (SSSR count). The van der Waals surface area contributed by atoms with Gasteiger partial charge in [-0.05, 0) is 31.2 Å². The van der Waals surface area contributed by atoms with Crippen molar-refractivity contribution in [1.29, 1.82) is 0 Å². The van der Waals surface area contributed by atoms with Crippen LogP contribution < -0.4 is 9.47 Å². The van der Waals surface area contributed by atoms with Crippen molar-refractivity contribution in [2.75, 3.05) is 7.11 Å². The Morgan fingerprint density at radius 1 is 1.24 bits per heavy atom. The second-order valence-corrected chi connectivity index (χ2v) is 5.52. The lowest BCUT2D eigenvalue weighted by molar-refractivity contribution is 0.189. The Morgan fingerprint density at radius 3 is 2.62 bits per heavy atom. The fourth-order valence-corrected chi connectivity index (χ4v) is 2.24. The van der Waals surface area contributed by atoms with Gasteiger partial charge in [0.1, 0.15) is 23.9 Å². The summed E-state index contributed by atoms with van der Waals surface area (Å²) in [5, 5.41) is 9.76. The molecule has 1 atom stereocenters. The van der Waals surface area contributed by atoms with Gasteiger partial charge in [-0.2, -0.15) is 0 Å². The molecule has 3 nitrogen and oxygen atoms in total. The van der Waals surface area contributed by atoms with E-state index in [2.05, 4.69) is 15.9 Å². The minimum atomic E-state index is -0.680. The molecule has 112 valence electrons. The first-order valence-electron chi connectivity index (χ1n) is 6.44. The molecular weight excluding hydrogens is 339 g/mol. The Bertz CT molecular complexity index is 629. The number of aliphatic hydroxyl groups excluding tert-OH is 1. The molecule has 0 aromatic heterocycles. The van der Waals surface area contributed by atoms with Crippen LogP contribution in [0.15, 0.2) is 40.9 Å². The summed E-state index contributed by atoms with van der Waals surface area (Å²) < 4.78 is 25.2. The summed E-state index contributed by atoms with van der Waals surface area (Å²) in [5.74, 6) is 0.753. The number of methoxy groups -OCH3 is 1. The highest BCUT2D eigenvalue weighted by atomic mass is 79.9. The number of rotatable bonds is 5. The normalized spacial score (nSPS) is 12.0. The van der Waals surface area contributed by atoms with Crippen molar-refractivity contribution in [2.24, 2.45) is 0 Å². The Morgan fingerprint density at radius 2 is 2.00 bits per heavy atom. The molecule has 5 heteroatoms. The third-order valence-electron chi connectivity index (χ3n) is 3.07. The first kappa shape index (κ1) is 15.8. The first-order valence-corrected chi connectivity index (χ1v) is 7.23. The standard InChI is InChI=1S/C16H16BrFO3/c1-10(19)14-6-5-13(20-2)8-16(14)21-9-11-3-4-12(17)7-15(11)18/h3-8,10,19H,9H2,1-2H3. The molecule has 2 aromatic carbocycles. The van der Waals surface area contributed by atoms with Gasteiger partial charge in [-0.3, -0.25) is 0 Å². The van der Waals surface area contributed by atoms with Crippen LogP contribution in [0.25, 0.3) is 0 Å². The topological polar surface area (TPSA) is 38.7 Å². The molecule has 1 N–H and O–H groups in total. The molecule has 0 amide bonds. The smallest absolute Gasteiger partial charge is 0.130 e. The van der Waals surface area contributed by atoms with Crippen LogP contribution in [0.3, 0.4) is 0 Å². The second kappa shape index (κ2) is 6.91. The van der Waals surface area contributed by atoms with Crippen LogP contribution in [0.1, 0.15) is 24.2 Å². The molecule has 0 fully saturated rings. The Hall–Kier alpha value is -1.59. The number of hydrogen-bond donors (Lipinski definition) is 1. The number of ether oxygens (including phenoxy) is 2. The molecule has 0 saturated heterocycles. The molecule has 0 saturated carbocycles. The van der Waals surface area contributed by atoms with Gasteiger partial charge < -0.3 is 14.6 Å². The zero-order valence-electron chi connectivity index (χ0n) is 11.8. The van der Waals surface area contributed by atoms with Crippen LogP contribution in [0.4, 0.5) is 4.39 Å². The molecule has 21 heavy (non-hydrogen) atoms. The molecule has 0 aliphatic rings. The third-order valence-corrected chi connectivity index (χ3v) is 3.56. The van der Waals surface area contributed by atoms with Gasteiger partial charge in [-0.25, -0.2) is 4.39 Å². The van der Waals surface area contributed by atoms with Crippen molar-refractivity contribution in [3.05, 3.63) is 57.8 Å². The van der Waals surface area contributed by atoms with Gasteiger partial charge >= 0.3 is 0 Å². The predicted octanol–water partition coefficient (Wildman–Crippen LogP) is 4.23. The molecular formula is C16H16BrFO3. The largest absolute Gasteiger partial charge is 0.497 e. The summed E-state index contributed by atoms with van der Waals surface area (Å²) >= 11 is 3.21. The molecule has 0 heterocycles. The van der Waals surface area contributed by atoms with E-state index in [-0.39, 0.29) is 12.4 Å². The van der Waals surface area contributed by atoms with Gasteiger partial charge in [0.25, 0.3) is 0 Å². The van der Waals surface area contributed by atoms with Crippen LogP contribution in [0.2, 0.25) is 0 Å². The minimum absolute atomic E-state index is 0.0754. The van der Waals surface area contributed by atoms with Crippen molar-refractivity contribution in [3.8, 4) is 11.5 Å². The van der Waals surface area contributed by atoms with Gasteiger partial charge in [-0.15, -0.1) is 0 Å².